The topological polar surface area (TPSA) is 55.1 Å². The van der Waals surface area contributed by atoms with Crippen molar-refractivity contribution < 1.29 is 9.90 Å². The molecule has 4 nitrogen and oxygen atoms in total. The summed E-state index contributed by atoms with van der Waals surface area (Å²) in [4.78, 5) is 13.0. The number of thioether (sulfide) groups is 1. The van der Waals surface area contributed by atoms with Gasteiger partial charge in [-0.2, -0.15) is 5.10 Å². The molecule has 6 heteroatoms. The van der Waals surface area contributed by atoms with Crippen LogP contribution >= 0.6 is 23.4 Å². The predicted octanol–water partition coefficient (Wildman–Crippen LogP) is 5.45. The van der Waals surface area contributed by atoms with Crippen LogP contribution in [0.2, 0.25) is 5.02 Å². The van der Waals surface area contributed by atoms with E-state index in [1.54, 1.807) is 22.5 Å². The molecular formula is C19H15ClN2O2S. The molecule has 0 aliphatic carbocycles. The molecule has 1 N–H and O–H groups in total. The van der Waals surface area contributed by atoms with Gasteiger partial charge in [0.05, 0.1) is 16.4 Å². The molecule has 0 saturated carbocycles. The van der Waals surface area contributed by atoms with Crippen molar-refractivity contribution in [1.29, 1.82) is 0 Å². The molecule has 0 fully saturated rings. The Morgan fingerprint density at radius 2 is 1.96 bits per heavy atom. The van der Waals surface area contributed by atoms with E-state index in [4.69, 9.17) is 11.6 Å². The summed E-state index contributed by atoms with van der Waals surface area (Å²) in [7, 11) is 0. The number of aromatic carboxylic acids is 1. The third kappa shape index (κ3) is 2.55. The highest BCUT2D eigenvalue weighted by atomic mass is 35.5. The molecule has 4 rings (SSSR count). The third-order valence-electron chi connectivity index (χ3n) is 4.31. The number of nitrogens with zero attached hydrogens (tertiary/aromatic N) is 2. The number of rotatable bonds is 3. The highest BCUT2D eigenvalue weighted by Gasteiger charge is 2.34. The second-order valence-electron chi connectivity index (χ2n) is 5.79. The van der Waals surface area contributed by atoms with Crippen molar-refractivity contribution in [3.8, 4) is 16.9 Å². The van der Waals surface area contributed by atoms with Crippen molar-refractivity contribution in [2.75, 3.05) is 0 Å². The average Bonchev–Trinajstić information content (AvgIpc) is 3.02. The van der Waals surface area contributed by atoms with Gasteiger partial charge in [-0.3, -0.25) is 0 Å². The number of benzene rings is 2. The number of hydrogen-bond donors (Lipinski definition) is 1. The van der Waals surface area contributed by atoms with Gasteiger partial charge in [0.15, 0.2) is 5.69 Å². The van der Waals surface area contributed by atoms with E-state index in [1.807, 2.05) is 36.4 Å². The van der Waals surface area contributed by atoms with Crippen LogP contribution in [-0.4, -0.2) is 20.9 Å². The lowest BCUT2D eigenvalue weighted by Crippen LogP contribution is -2.08. The first-order chi connectivity index (χ1) is 12.1. The number of halogens is 1. The van der Waals surface area contributed by atoms with E-state index in [-0.39, 0.29) is 10.9 Å². The summed E-state index contributed by atoms with van der Waals surface area (Å²) in [5.41, 5.74) is 3.38. The van der Waals surface area contributed by atoms with Crippen molar-refractivity contribution in [2.24, 2.45) is 0 Å². The fourth-order valence-corrected chi connectivity index (χ4v) is 4.69. The van der Waals surface area contributed by atoms with E-state index in [2.05, 4.69) is 18.1 Å². The number of fused-ring (bicyclic) bond motifs is 3. The van der Waals surface area contributed by atoms with E-state index in [0.29, 0.717) is 10.7 Å². The molecule has 25 heavy (non-hydrogen) atoms. The molecule has 0 radical (unpaired) electrons. The van der Waals surface area contributed by atoms with Crippen molar-refractivity contribution in [3.63, 3.8) is 0 Å². The standard InChI is InChI=1S/C19H15ClN2O2S/c1-2-14-16-17(19(23)24)21-22(13-9-5-4-8-12(13)20)18(16)11-7-3-6-10-15(11)25-14/h3-10,14H,2H2,1H3,(H,23,24). The lowest BCUT2D eigenvalue weighted by molar-refractivity contribution is 0.0688. The van der Waals surface area contributed by atoms with Crippen LogP contribution in [0.25, 0.3) is 16.9 Å². The van der Waals surface area contributed by atoms with Crippen LogP contribution in [0.4, 0.5) is 0 Å². The summed E-state index contributed by atoms with van der Waals surface area (Å²) < 4.78 is 1.68. The molecule has 1 unspecified atom stereocenters. The van der Waals surface area contributed by atoms with Gasteiger partial charge >= 0.3 is 5.97 Å². The maximum Gasteiger partial charge on any atom is 0.356 e. The summed E-state index contributed by atoms with van der Waals surface area (Å²) in [6.07, 6.45) is 0.820. The molecule has 1 aliphatic heterocycles. The smallest absolute Gasteiger partial charge is 0.356 e. The molecule has 1 aliphatic rings. The Balaban J connectivity index is 2.09. The van der Waals surface area contributed by atoms with Gasteiger partial charge in [-0.1, -0.05) is 48.9 Å². The highest BCUT2D eigenvalue weighted by Crippen LogP contribution is 2.52. The largest absolute Gasteiger partial charge is 0.476 e. The number of carboxylic acid groups (broad SMARTS) is 1. The van der Waals surface area contributed by atoms with E-state index >= 15 is 0 Å². The van der Waals surface area contributed by atoms with Crippen LogP contribution in [-0.2, 0) is 0 Å². The van der Waals surface area contributed by atoms with Crippen LogP contribution in [0.1, 0.15) is 34.6 Å². The summed E-state index contributed by atoms with van der Waals surface area (Å²) in [5, 5.41) is 14.7. The molecule has 1 aromatic heterocycles. The predicted molar refractivity (Wildman–Crippen MR) is 99.9 cm³/mol. The minimum atomic E-state index is -1.01. The average molecular weight is 371 g/mol. The van der Waals surface area contributed by atoms with Crippen molar-refractivity contribution in [2.45, 2.75) is 23.5 Å². The third-order valence-corrected chi connectivity index (χ3v) is 6.09. The molecule has 0 saturated heterocycles. The van der Waals surface area contributed by atoms with Gasteiger partial charge in [-0.05, 0) is 24.6 Å². The Kier molecular flexibility index (Phi) is 4.06. The minimum Gasteiger partial charge on any atom is -0.476 e. The SMILES string of the molecule is CCC1Sc2ccccc2-c2c1c(C(=O)O)nn2-c1ccccc1Cl. The van der Waals surface area contributed by atoms with E-state index in [1.165, 1.54) is 0 Å². The van der Waals surface area contributed by atoms with E-state index in [0.717, 1.165) is 28.1 Å². The fraction of sp³-hybridized carbons (Fsp3) is 0.158. The first kappa shape index (κ1) is 16.2. The Morgan fingerprint density at radius 3 is 2.68 bits per heavy atom. The summed E-state index contributed by atoms with van der Waals surface area (Å²) in [5.74, 6) is -1.01. The van der Waals surface area contributed by atoms with E-state index in [9.17, 15) is 9.90 Å². The minimum absolute atomic E-state index is 0.0484. The molecule has 0 amide bonds. The molecule has 0 spiro atoms. The first-order valence-electron chi connectivity index (χ1n) is 7.99. The molecular weight excluding hydrogens is 356 g/mol. The van der Waals surface area contributed by atoms with Crippen LogP contribution in [0.5, 0.6) is 0 Å². The van der Waals surface area contributed by atoms with Gasteiger partial charge < -0.3 is 5.11 Å². The number of para-hydroxylation sites is 1. The van der Waals surface area contributed by atoms with Crippen molar-refractivity contribution in [3.05, 3.63) is 64.8 Å². The summed E-state index contributed by atoms with van der Waals surface area (Å²) in [6, 6.07) is 15.4. The zero-order chi connectivity index (χ0) is 17.6. The molecule has 126 valence electrons. The van der Waals surface area contributed by atoms with Gasteiger partial charge in [-0.15, -0.1) is 11.8 Å². The van der Waals surface area contributed by atoms with Crippen LogP contribution in [0, 0.1) is 0 Å². The monoisotopic (exact) mass is 370 g/mol. The molecule has 1 atom stereocenters. The Morgan fingerprint density at radius 1 is 1.24 bits per heavy atom. The summed E-state index contributed by atoms with van der Waals surface area (Å²) >= 11 is 8.07. The number of aromatic nitrogens is 2. The van der Waals surface area contributed by atoms with Gasteiger partial charge in [0, 0.05) is 21.3 Å². The zero-order valence-electron chi connectivity index (χ0n) is 13.4. The number of carbonyl (C=O) groups is 1. The molecule has 2 heterocycles. The second kappa shape index (κ2) is 6.24. The zero-order valence-corrected chi connectivity index (χ0v) is 15.0. The number of hydrogen-bond acceptors (Lipinski definition) is 3. The maximum absolute atomic E-state index is 11.9. The van der Waals surface area contributed by atoms with Crippen LogP contribution in [0.3, 0.4) is 0 Å². The molecule has 0 bridgehead atoms. The van der Waals surface area contributed by atoms with Crippen LogP contribution in [0.15, 0.2) is 53.4 Å². The summed E-state index contributed by atoms with van der Waals surface area (Å²) in [6.45, 7) is 2.06. The van der Waals surface area contributed by atoms with Gasteiger partial charge in [0.2, 0.25) is 0 Å². The highest BCUT2D eigenvalue weighted by molar-refractivity contribution is 7.99. The normalized spacial score (nSPS) is 15.5. The molecule has 2 aromatic carbocycles. The van der Waals surface area contributed by atoms with E-state index < -0.39 is 5.97 Å². The Hall–Kier alpha value is -2.24. The maximum atomic E-state index is 11.9. The van der Waals surface area contributed by atoms with Gasteiger partial charge in [0.1, 0.15) is 0 Å². The van der Waals surface area contributed by atoms with Crippen molar-refractivity contribution >= 4 is 29.3 Å². The Bertz CT molecular complexity index is 983. The Labute approximate surface area is 154 Å². The molecule has 3 aromatic rings. The lowest BCUT2D eigenvalue weighted by atomic mass is 10.00. The van der Waals surface area contributed by atoms with Gasteiger partial charge in [0.25, 0.3) is 0 Å². The second-order valence-corrected chi connectivity index (χ2v) is 7.44. The first-order valence-corrected chi connectivity index (χ1v) is 9.24. The number of carboxylic acids is 1. The van der Waals surface area contributed by atoms with Crippen molar-refractivity contribution in [1.82, 2.24) is 9.78 Å². The van der Waals surface area contributed by atoms with Crippen LogP contribution < -0.4 is 0 Å². The van der Waals surface area contributed by atoms with Gasteiger partial charge in [-0.25, -0.2) is 9.48 Å². The lowest BCUT2D eigenvalue weighted by Gasteiger charge is -2.25. The quantitative estimate of drug-likeness (QED) is 0.666. The fourth-order valence-electron chi connectivity index (χ4n) is 3.21.